The van der Waals surface area contributed by atoms with Gasteiger partial charge in [0.1, 0.15) is 0 Å². The Balaban J connectivity index is 1.97. The van der Waals surface area contributed by atoms with Crippen LogP contribution < -0.4 is 5.32 Å². The molecule has 2 rings (SSSR count). The molecule has 3 nitrogen and oxygen atoms in total. The van der Waals surface area contributed by atoms with Gasteiger partial charge in [-0.2, -0.15) is 0 Å². The third-order valence-electron chi connectivity index (χ3n) is 2.64. The Morgan fingerprint density at radius 2 is 2.05 bits per heavy atom. The summed E-state index contributed by atoms with van der Waals surface area (Å²) in [5, 5.41) is 14.1. The van der Waals surface area contributed by atoms with Gasteiger partial charge < -0.3 is 10.4 Å². The van der Waals surface area contributed by atoms with Crippen molar-refractivity contribution in [2.75, 3.05) is 6.61 Å². The first kappa shape index (κ1) is 13.5. The Labute approximate surface area is 116 Å². The fourth-order valence-corrected chi connectivity index (χ4v) is 2.30. The van der Waals surface area contributed by atoms with Gasteiger partial charge in [-0.3, -0.25) is 4.79 Å². The van der Waals surface area contributed by atoms with Gasteiger partial charge in [-0.1, -0.05) is 36.4 Å². The maximum atomic E-state index is 11.8. The van der Waals surface area contributed by atoms with Crippen LogP contribution in [0.3, 0.4) is 0 Å². The Bertz CT molecular complexity index is 535. The van der Waals surface area contributed by atoms with E-state index in [2.05, 4.69) is 5.32 Å². The topological polar surface area (TPSA) is 49.3 Å². The molecular weight excluding hydrogens is 258 g/mol. The van der Waals surface area contributed by atoms with E-state index in [0.29, 0.717) is 0 Å². The molecule has 1 heterocycles. The van der Waals surface area contributed by atoms with Gasteiger partial charge in [-0.05, 0) is 23.1 Å². The van der Waals surface area contributed by atoms with E-state index in [0.717, 1.165) is 10.4 Å². The highest BCUT2D eigenvalue weighted by Gasteiger charge is 2.11. The molecule has 1 amide bonds. The van der Waals surface area contributed by atoms with Crippen molar-refractivity contribution in [1.82, 2.24) is 5.32 Å². The molecular formula is C15H15NO2S. The summed E-state index contributed by atoms with van der Waals surface area (Å²) in [7, 11) is 0. The van der Waals surface area contributed by atoms with Gasteiger partial charge in [0.15, 0.2) is 0 Å². The molecule has 0 fully saturated rings. The van der Waals surface area contributed by atoms with Crippen molar-refractivity contribution in [3.05, 3.63) is 64.4 Å². The molecule has 0 radical (unpaired) electrons. The van der Waals surface area contributed by atoms with Gasteiger partial charge in [-0.25, -0.2) is 0 Å². The number of amides is 1. The summed E-state index contributed by atoms with van der Waals surface area (Å²) < 4.78 is 0. The average molecular weight is 273 g/mol. The number of hydrogen-bond acceptors (Lipinski definition) is 3. The maximum absolute atomic E-state index is 11.8. The van der Waals surface area contributed by atoms with Crippen LogP contribution in [0.5, 0.6) is 0 Å². The van der Waals surface area contributed by atoms with Crippen molar-refractivity contribution in [2.45, 2.75) is 6.04 Å². The third kappa shape index (κ3) is 4.05. The van der Waals surface area contributed by atoms with E-state index in [1.165, 1.54) is 6.08 Å². The van der Waals surface area contributed by atoms with Gasteiger partial charge in [0.05, 0.1) is 12.6 Å². The maximum Gasteiger partial charge on any atom is 0.244 e. The Kier molecular flexibility index (Phi) is 4.89. The predicted molar refractivity (Wildman–Crippen MR) is 77.8 cm³/mol. The van der Waals surface area contributed by atoms with Crippen LogP contribution in [0.25, 0.3) is 6.08 Å². The quantitative estimate of drug-likeness (QED) is 0.823. The van der Waals surface area contributed by atoms with Gasteiger partial charge in [0, 0.05) is 11.0 Å². The summed E-state index contributed by atoms with van der Waals surface area (Å²) in [6.45, 7) is -0.122. The molecule has 0 bridgehead atoms. The van der Waals surface area contributed by atoms with Crippen molar-refractivity contribution >= 4 is 23.3 Å². The molecule has 2 aromatic rings. The number of aliphatic hydroxyl groups is 1. The first-order chi connectivity index (χ1) is 9.29. The lowest BCUT2D eigenvalue weighted by Gasteiger charge is -2.15. The van der Waals surface area contributed by atoms with Crippen LogP contribution in [0, 0.1) is 0 Å². The summed E-state index contributed by atoms with van der Waals surface area (Å²) in [5.74, 6) is -0.212. The van der Waals surface area contributed by atoms with Gasteiger partial charge in [-0.15, -0.1) is 11.3 Å². The lowest BCUT2D eigenvalue weighted by atomic mass is 10.1. The number of carbonyl (C=O) groups excluding carboxylic acids is 1. The molecule has 19 heavy (non-hydrogen) atoms. The molecule has 0 saturated carbocycles. The fourth-order valence-electron chi connectivity index (χ4n) is 1.68. The Morgan fingerprint density at radius 1 is 1.26 bits per heavy atom. The monoisotopic (exact) mass is 273 g/mol. The summed E-state index contributed by atoms with van der Waals surface area (Å²) in [6, 6.07) is 12.9. The SMILES string of the molecule is O=C(/C=C/c1cccs1)N[C@H](CO)c1ccccc1. The summed E-state index contributed by atoms with van der Waals surface area (Å²) >= 11 is 1.57. The normalized spacial score (nSPS) is 12.5. The standard InChI is InChI=1S/C15H15NO2S/c17-11-14(12-5-2-1-3-6-12)16-15(18)9-8-13-7-4-10-19-13/h1-10,14,17H,11H2,(H,16,18)/b9-8+/t14-/m1/s1. The Morgan fingerprint density at radius 3 is 2.68 bits per heavy atom. The number of carbonyl (C=O) groups is 1. The van der Waals surface area contributed by atoms with Crippen LogP contribution in [0.2, 0.25) is 0 Å². The first-order valence-corrected chi connectivity index (χ1v) is 6.85. The number of aliphatic hydroxyl groups excluding tert-OH is 1. The lowest BCUT2D eigenvalue weighted by Crippen LogP contribution is -2.29. The molecule has 98 valence electrons. The summed E-state index contributed by atoms with van der Waals surface area (Å²) in [5.41, 5.74) is 0.892. The summed E-state index contributed by atoms with van der Waals surface area (Å²) in [4.78, 5) is 12.8. The van der Waals surface area contributed by atoms with Crippen molar-refractivity contribution in [2.24, 2.45) is 0 Å². The largest absolute Gasteiger partial charge is 0.394 e. The van der Waals surface area contributed by atoms with E-state index in [1.54, 1.807) is 17.4 Å². The van der Waals surface area contributed by atoms with Crippen LogP contribution in [0.1, 0.15) is 16.5 Å². The molecule has 0 saturated heterocycles. The van der Waals surface area contributed by atoms with E-state index in [1.807, 2.05) is 47.8 Å². The second-order valence-corrected chi connectivity index (χ2v) is 4.98. The predicted octanol–water partition coefficient (Wildman–Crippen LogP) is 2.61. The van der Waals surface area contributed by atoms with Crippen LogP contribution in [0.15, 0.2) is 53.9 Å². The van der Waals surface area contributed by atoms with Crippen molar-refractivity contribution in [3.63, 3.8) is 0 Å². The van der Waals surface area contributed by atoms with Crippen LogP contribution >= 0.6 is 11.3 Å². The van der Waals surface area contributed by atoms with E-state index in [-0.39, 0.29) is 18.6 Å². The van der Waals surface area contributed by atoms with Gasteiger partial charge in [0.25, 0.3) is 0 Å². The molecule has 4 heteroatoms. The minimum absolute atomic E-state index is 0.122. The highest BCUT2D eigenvalue weighted by Crippen LogP contribution is 2.12. The number of rotatable bonds is 5. The molecule has 0 aliphatic carbocycles. The zero-order chi connectivity index (χ0) is 13.5. The molecule has 0 aliphatic heterocycles. The minimum Gasteiger partial charge on any atom is -0.394 e. The highest BCUT2D eigenvalue weighted by atomic mass is 32.1. The second-order valence-electron chi connectivity index (χ2n) is 4.00. The molecule has 0 spiro atoms. The first-order valence-electron chi connectivity index (χ1n) is 5.97. The van der Waals surface area contributed by atoms with Crippen molar-refractivity contribution < 1.29 is 9.90 Å². The molecule has 2 N–H and O–H groups in total. The van der Waals surface area contributed by atoms with E-state index < -0.39 is 0 Å². The van der Waals surface area contributed by atoms with E-state index in [4.69, 9.17) is 0 Å². The number of hydrogen-bond donors (Lipinski definition) is 2. The van der Waals surface area contributed by atoms with Crippen molar-refractivity contribution in [1.29, 1.82) is 0 Å². The van der Waals surface area contributed by atoms with Gasteiger partial charge >= 0.3 is 0 Å². The number of benzene rings is 1. The fraction of sp³-hybridized carbons (Fsp3) is 0.133. The molecule has 0 aliphatic rings. The smallest absolute Gasteiger partial charge is 0.244 e. The van der Waals surface area contributed by atoms with E-state index in [9.17, 15) is 9.90 Å². The number of thiophene rings is 1. The van der Waals surface area contributed by atoms with E-state index >= 15 is 0 Å². The molecule has 0 unspecified atom stereocenters. The third-order valence-corrected chi connectivity index (χ3v) is 3.48. The highest BCUT2D eigenvalue weighted by molar-refractivity contribution is 7.10. The zero-order valence-electron chi connectivity index (χ0n) is 10.3. The minimum atomic E-state index is -0.373. The lowest BCUT2D eigenvalue weighted by molar-refractivity contribution is -0.117. The van der Waals surface area contributed by atoms with Gasteiger partial charge in [0.2, 0.25) is 5.91 Å². The molecule has 1 aromatic heterocycles. The van der Waals surface area contributed by atoms with Crippen LogP contribution in [-0.2, 0) is 4.79 Å². The average Bonchev–Trinajstić information content (AvgIpc) is 2.97. The molecule has 1 aromatic carbocycles. The van der Waals surface area contributed by atoms with Crippen LogP contribution in [0.4, 0.5) is 0 Å². The Hall–Kier alpha value is -1.91. The number of nitrogens with one attached hydrogen (secondary N) is 1. The summed E-state index contributed by atoms with van der Waals surface area (Å²) in [6.07, 6.45) is 3.25. The zero-order valence-corrected chi connectivity index (χ0v) is 11.1. The second kappa shape index (κ2) is 6.87. The molecule has 1 atom stereocenters. The van der Waals surface area contributed by atoms with Crippen molar-refractivity contribution in [3.8, 4) is 0 Å². The van der Waals surface area contributed by atoms with Crippen LogP contribution in [-0.4, -0.2) is 17.6 Å².